The zero-order valence-electron chi connectivity index (χ0n) is 10.0. The Morgan fingerprint density at radius 1 is 1.53 bits per heavy atom. The molecule has 2 saturated heterocycles. The lowest BCUT2D eigenvalue weighted by Crippen LogP contribution is -2.43. The third-order valence-electron chi connectivity index (χ3n) is 3.73. The van der Waals surface area contributed by atoms with Crippen LogP contribution in [-0.4, -0.2) is 46.1 Å². The molecule has 2 aliphatic rings. The summed E-state index contributed by atoms with van der Waals surface area (Å²) in [6, 6.07) is 0.551. The average molecular weight is 236 g/mol. The number of fused-ring (bicyclic) bond motifs is 1. The lowest BCUT2D eigenvalue weighted by atomic mass is 10.0. The molecule has 3 rings (SSSR count). The fourth-order valence-corrected chi connectivity index (χ4v) is 3.02. The highest BCUT2D eigenvalue weighted by Gasteiger charge is 2.45. The fourth-order valence-electron chi connectivity index (χ4n) is 3.02. The van der Waals surface area contributed by atoms with Crippen molar-refractivity contribution in [1.82, 2.24) is 20.4 Å². The van der Waals surface area contributed by atoms with Gasteiger partial charge in [-0.3, -0.25) is 4.79 Å². The van der Waals surface area contributed by atoms with E-state index < -0.39 is 0 Å². The molecule has 3 atom stereocenters. The first-order valence-corrected chi connectivity index (χ1v) is 6.00. The van der Waals surface area contributed by atoms with Gasteiger partial charge < -0.3 is 14.7 Å². The standard InChI is InChI=1S/C11H16N4O2/c1-6-3-8-4-12-5-9(8)15(6)11(16)10-13-7(2)17-14-10/h6,8-9,12H,3-5H2,1-2H3. The maximum atomic E-state index is 12.3. The van der Waals surface area contributed by atoms with Crippen molar-refractivity contribution in [2.45, 2.75) is 32.4 Å². The van der Waals surface area contributed by atoms with Crippen LogP contribution in [0.15, 0.2) is 4.52 Å². The number of rotatable bonds is 1. The Kier molecular flexibility index (Phi) is 2.39. The topological polar surface area (TPSA) is 71.3 Å². The van der Waals surface area contributed by atoms with Crippen LogP contribution in [0.25, 0.3) is 0 Å². The molecule has 3 unspecified atom stereocenters. The van der Waals surface area contributed by atoms with Crippen molar-refractivity contribution in [3.8, 4) is 0 Å². The molecule has 6 nitrogen and oxygen atoms in total. The molecule has 0 saturated carbocycles. The summed E-state index contributed by atoms with van der Waals surface area (Å²) in [5, 5.41) is 7.04. The minimum absolute atomic E-state index is 0.106. The summed E-state index contributed by atoms with van der Waals surface area (Å²) in [5.74, 6) is 1.08. The SMILES string of the molecule is Cc1nc(C(=O)N2C(C)CC3CNCC32)no1. The van der Waals surface area contributed by atoms with Crippen LogP contribution in [0.1, 0.15) is 29.9 Å². The maximum absolute atomic E-state index is 12.3. The number of aryl methyl sites for hydroxylation is 1. The van der Waals surface area contributed by atoms with E-state index in [4.69, 9.17) is 4.52 Å². The van der Waals surface area contributed by atoms with Gasteiger partial charge in [0.1, 0.15) is 0 Å². The zero-order chi connectivity index (χ0) is 12.0. The fraction of sp³-hybridized carbons (Fsp3) is 0.727. The average Bonchev–Trinajstić information content (AvgIpc) is 2.92. The van der Waals surface area contributed by atoms with Crippen LogP contribution in [-0.2, 0) is 0 Å². The third kappa shape index (κ3) is 1.63. The van der Waals surface area contributed by atoms with E-state index >= 15 is 0 Å². The predicted molar refractivity (Wildman–Crippen MR) is 59.4 cm³/mol. The van der Waals surface area contributed by atoms with Crippen LogP contribution in [0, 0.1) is 12.8 Å². The molecule has 1 aromatic rings. The summed E-state index contributed by atoms with van der Waals surface area (Å²) >= 11 is 0. The number of hydrogen-bond acceptors (Lipinski definition) is 5. The van der Waals surface area contributed by atoms with Gasteiger partial charge in [-0.2, -0.15) is 4.98 Å². The Hall–Kier alpha value is -1.43. The van der Waals surface area contributed by atoms with Crippen molar-refractivity contribution in [2.75, 3.05) is 13.1 Å². The quantitative estimate of drug-likeness (QED) is 0.754. The highest BCUT2D eigenvalue weighted by Crippen LogP contribution is 2.32. The molecule has 0 spiro atoms. The van der Waals surface area contributed by atoms with E-state index in [1.165, 1.54) is 0 Å². The van der Waals surface area contributed by atoms with E-state index in [0.29, 0.717) is 11.8 Å². The smallest absolute Gasteiger partial charge is 0.295 e. The summed E-state index contributed by atoms with van der Waals surface area (Å²) < 4.78 is 4.87. The predicted octanol–water partition coefficient (Wildman–Crippen LogP) is 0.200. The van der Waals surface area contributed by atoms with Gasteiger partial charge in [-0.1, -0.05) is 5.16 Å². The molecule has 3 heterocycles. The Balaban J connectivity index is 1.85. The second-order valence-electron chi connectivity index (χ2n) is 4.92. The van der Waals surface area contributed by atoms with Crippen molar-refractivity contribution in [1.29, 1.82) is 0 Å². The first kappa shape index (κ1) is 10.7. The summed E-state index contributed by atoms with van der Waals surface area (Å²) in [6.45, 7) is 5.65. The van der Waals surface area contributed by atoms with E-state index in [9.17, 15) is 4.79 Å². The molecule has 0 aromatic carbocycles. The molecule has 1 N–H and O–H groups in total. The van der Waals surface area contributed by atoms with Gasteiger partial charge in [0.2, 0.25) is 5.89 Å². The van der Waals surface area contributed by atoms with E-state index in [0.717, 1.165) is 19.5 Å². The van der Waals surface area contributed by atoms with Crippen LogP contribution < -0.4 is 5.32 Å². The van der Waals surface area contributed by atoms with Crippen LogP contribution in [0.4, 0.5) is 0 Å². The highest BCUT2D eigenvalue weighted by molar-refractivity contribution is 5.91. The van der Waals surface area contributed by atoms with Crippen molar-refractivity contribution in [3.05, 3.63) is 11.7 Å². The van der Waals surface area contributed by atoms with Crippen molar-refractivity contribution in [2.24, 2.45) is 5.92 Å². The number of aromatic nitrogens is 2. The Labute approximate surface area is 99.4 Å². The van der Waals surface area contributed by atoms with Gasteiger partial charge >= 0.3 is 0 Å². The van der Waals surface area contributed by atoms with E-state index in [1.807, 2.05) is 4.90 Å². The molecule has 1 aromatic heterocycles. The molecular formula is C11H16N4O2. The van der Waals surface area contributed by atoms with Gasteiger partial charge in [0.25, 0.3) is 11.7 Å². The first-order chi connectivity index (χ1) is 8.16. The molecular weight excluding hydrogens is 220 g/mol. The lowest BCUT2D eigenvalue weighted by Gasteiger charge is -2.26. The van der Waals surface area contributed by atoms with Crippen molar-refractivity contribution in [3.63, 3.8) is 0 Å². The molecule has 2 fully saturated rings. The summed E-state index contributed by atoms with van der Waals surface area (Å²) in [5.41, 5.74) is 0. The summed E-state index contributed by atoms with van der Waals surface area (Å²) in [7, 11) is 0. The largest absolute Gasteiger partial charge is 0.339 e. The van der Waals surface area contributed by atoms with E-state index in [-0.39, 0.29) is 23.8 Å². The lowest BCUT2D eigenvalue weighted by molar-refractivity contribution is 0.0666. The van der Waals surface area contributed by atoms with Gasteiger partial charge in [0, 0.05) is 32.1 Å². The second kappa shape index (κ2) is 3.80. The summed E-state index contributed by atoms with van der Waals surface area (Å²) in [6.07, 6.45) is 1.06. The normalized spacial score (nSPS) is 31.9. The number of nitrogens with one attached hydrogen (secondary N) is 1. The number of carbonyl (C=O) groups is 1. The van der Waals surface area contributed by atoms with Crippen molar-refractivity contribution < 1.29 is 9.32 Å². The van der Waals surface area contributed by atoms with E-state index in [2.05, 4.69) is 22.4 Å². The molecule has 6 heteroatoms. The summed E-state index contributed by atoms with van der Waals surface area (Å²) in [4.78, 5) is 18.3. The van der Waals surface area contributed by atoms with Gasteiger partial charge in [0.05, 0.1) is 0 Å². The van der Waals surface area contributed by atoms with Crippen LogP contribution >= 0.6 is 0 Å². The molecule has 1 amide bonds. The van der Waals surface area contributed by atoms with Crippen LogP contribution in [0.2, 0.25) is 0 Å². The second-order valence-corrected chi connectivity index (χ2v) is 4.92. The molecule has 0 bridgehead atoms. The number of likely N-dealkylation sites (tertiary alicyclic amines) is 1. The van der Waals surface area contributed by atoms with Crippen molar-refractivity contribution >= 4 is 5.91 Å². The first-order valence-electron chi connectivity index (χ1n) is 6.00. The minimum atomic E-state index is -0.106. The Morgan fingerprint density at radius 3 is 3.06 bits per heavy atom. The third-order valence-corrected chi connectivity index (χ3v) is 3.73. The highest BCUT2D eigenvalue weighted by atomic mass is 16.5. The van der Waals surface area contributed by atoms with Gasteiger partial charge in [-0.25, -0.2) is 0 Å². The molecule has 2 aliphatic heterocycles. The van der Waals surface area contributed by atoms with Gasteiger partial charge in [-0.05, 0) is 19.3 Å². The number of hydrogen-bond donors (Lipinski definition) is 1. The van der Waals surface area contributed by atoms with Gasteiger partial charge in [0.15, 0.2) is 0 Å². The Morgan fingerprint density at radius 2 is 2.35 bits per heavy atom. The van der Waals surface area contributed by atoms with Gasteiger partial charge in [-0.15, -0.1) is 0 Å². The number of nitrogens with zero attached hydrogens (tertiary/aromatic N) is 3. The number of carbonyl (C=O) groups excluding carboxylic acids is 1. The Bertz CT molecular complexity index is 444. The molecule has 17 heavy (non-hydrogen) atoms. The molecule has 0 aliphatic carbocycles. The molecule has 0 radical (unpaired) electrons. The van der Waals surface area contributed by atoms with Crippen LogP contribution in [0.3, 0.4) is 0 Å². The monoisotopic (exact) mass is 236 g/mol. The molecule has 92 valence electrons. The number of amides is 1. The zero-order valence-corrected chi connectivity index (χ0v) is 10.0. The van der Waals surface area contributed by atoms with Crippen LogP contribution in [0.5, 0.6) is 0 Å². The van der Waals surface area contributed by atoms with E-state index in [1.54, 1.807) is 6.92 Å². The maximum Gasteiger partial charge on any atom is 0.295 e. The minimum Gasteiger partial charge on any atom is -0.339 e.